The molecule has 0 N–H and O–H groups in total. The number of hydrogen-bond acceptors (Lipinski definition) is 5. The Morgan fingerprint density at radius 1 is 0.941 bits per heavy atom. The zero-order valence-corrected chi connectivity index (χ0v) is 19.4. The van der Waals surface area contributed by atoms with Gasteiger partial charge in [0.2, 0.25) is 0 Å². The second-order valence-electron chi connectivity index (χ2n) is 8.94. The molecule has 1 aliphatic rings. The molecular weight excluding hydrogens is 420 g/mol. The van der Waals surface area contributed by atoms with Crippen molar-refractivity contribution in [1.82, 2.24) is 9.88 Å². The summed E-state index contributed by atoms with van der Waals surface area (Å²) in [5, 5.41) is 19.4. The maximum absolute atomic E-state index is 10.5. The molecule has 2 aromatic carbocycles. The van der Waals surface area contributed by atoms with Crippen LogP contribution in [0.1, 0.15) is 36.0 Å². The van der Waals surface area contributed by atoms with Crippen molar-refractivity contribution in [3.63, 3.8) is 0 Å². The molecule has 5 nitrogen and oxygen atoms in total. The largest absolute Gasteiger partial charge is 0.494 e. The predicted octanol–water partition coefficient (Wildman–Crippen LogP) is 5.14. The van der Waals surface area contributed by atoms with E-state index in [1.807, 2.05) is 54.9 Å². The van der Waals surface area contributed by atoms with Gasteiger partial charge < -0.3 is 9.64 Å². The van der Waals surface area contributed by atoms with Gasteiger partial charge in [0.1, 0.15) is 5.75 Å². The zero-order valence-electron chi connectivity index (χ0n) is 19.4. The summed E-state index contributed by atoms with van der Waals surface area (Å²) in [5.41, 5.74) is 2.38. The normalized spacial score (nSPS) is 16.2. The first-order chi connectivity index (χ1) is 16.7. The van der Waals surface area contributed by atoms with Gasteiger partial charge >= 0.3 is 0 Å². The Labute approximate surface area is 202 Å². The van der Waals surface area contributed by atoms with E-state index < -0.39 is 5.41 Å². The lowest BCUT2D eigenvalue weighted by atomic mass is 9.64. The Balaban J connectivity index is 1.34. The van der Waals surface area contributed by atoms with E-state index in [0.29, 0.717) is 24.5 Å². The van der Waals surface area contributed by atoms with Crippen molar-refractivity contribution in [2.45, 2.75) is 31.1 Å². The summed E-state index contributed by atoms with van der Waals surface area (Å²) in [5.74, 6) is 1.11. The third-order valence-electron chi connectivity index (χ3n) is 6.88. The van der Waals surface area contributed by atoms with Crippen LogP contribution in [0.4, 0.5) is 0 Å². The maximum Gasteiger partial charge on any atom is 0.119 e. The first-order valence-corrected chi connectivity index (χ1v) is 11.9. The average Bonchev–Trinajstić information content (AvgIpc) is 2.91. The second kappa shape index (κ2) is 11.5. The molecule has 0 spiro atoms. The standard InChI is InChI=1S/C29H30N4O/c30-22-25-7-9-28(10-8-25)34-20-4-17-33-18-13-27(14-19-33)29(23-31,26-5-2-1-3-6-26)21-24-11-15-32-16-12-24/h1-3,5-12,15-16,27H,4,13-14,17-21H2. The SMILES string of the molecule is N#Cc1ccc(OCCCN2CCC(C(C#N)(Cc3ccncc3)c3ccccc3)CC2)cc1. The van der Waals surface area contributed by atoms with E-state index in [1.54, 1.807) is 12.1 Å². The van der Waals surface area contributed by atoms with E-state index in [9.17, 15) is 5.26 Å². The smallest absolute Gasteiger partial charge is 0.119 e. The van der Waals surface area contributed by atoms with Crippen molar-refractivity contribution >= 4 is 0 Å². The number of ether oxygens (including phenoxy) is 1. The summed E-state index contributed by atoms with van der Waals surface area (Å²) < 4.78 is 5.83. The van der Waals surface area contributed by atoms with Crippen LogP contribution in [0.25, 0.3) is 0 Å². The molecule has 1 saturated heterocycles. The topological polar surface area (TPSA) is 72.9 Å². The summed E-state index contributed by atoms with van der Waals surface area (Å²) in [4.78, 5) is 6.63. The van der Waals surface area contributed by atoms with Gasteiger partial charge in [-0.15, -0.1) is 0 Å². The van der Waals surface area contributed by atoms with Gasteiger partial charge in [-0.3, -0.25) is 4.98 Å². The van der Waals surface area contributed by atoms with E-state index in [1.165, 1.54) is 0 Å². The number of aromatic nitrogens is 1. The summed E-state index contributed by atoms with van der Waals surface area (Å²) in [6.45, 7) is 3.63. The van der Waals surface area contributed by atoms with Crippen molar-refractivity contribution in [2.24, 2.45) is 5.92 Å². The van der Waals surface area contributed by atoms with Gasteiger partial charge in [-0.25, -0.2) is 0 Å². The monoisotopic (exact) mass is 450 g/mol. The van der Waals surface area contributed by atoms with Gasteiger partial charge in [0.25, 0.3) is 0 Å². The van der Waals surface area contributed by atoms with Gasteiger partial charge in [-0.05, 0) is 92.2 Å². The van der Waals surface area contributed by atoms with E-state index in [-0.39, 0.29) is 0 Å². The van der Waals surface area contributed by atoms with Crippen LogP contribution in [0.3, 0.4) is 0 Å². The fraction of sp³-hybridized carbons (Fsp3) is 0.345. The van der Waals surface area contributed by atoms with Crippen LogP contribution >= 0.6 is 0 Å². The number of pyridine rings is 1. The van der Waals surface area contributed by atoms with Crippen LogP contribution in [-0.4, -0.2) is 36.1 Å². The maximum atomic E-state index is 10.5. The molecule has 0 aliphatic carbocycles. The van der Waals surface area contributed by atoms with Crippen molar-refractivity contribution in [3.05, 3.63) is 95.8 Å². The molecule has 1 unspecified atom stereocenters. The van der Waals surface area contributed by atoms with Crippen LogP contribution in [0.5, 0.6) is 5.75 Å². The highest BCUT2D eigenvalue weighted by molar-refractivity contribution is 5.37. The minimum absolute atomic E-state index is 0.305. The van der Waals surface area contributed by atoms with Gasteiger partial charge in [0.15, 0.2) is 0 Å². The Morgan fingerprint density at radius 2 is 1.65 bits per heavy atom. The number of hydrogen-bond donors (Lipinski definition) is 0. The molecule has 0 saturated carbocycles. The van der Waals surface area contributed by atoms with Gasteiger partial charge in [0.05, 0.1) is 29.7 Å². The summed E-state index contributed by atoms with van der Waals surface area (Å²) in [6, 6.07) is 26.5. The van der Waals surface area contributed by atoms with E-state index in [4.69, 9.17) is 10.00 Å². The first kappa shape index (κ1) is 23.5. The molecule has 1 aromatic heterocycles. The quantitative estimate of drug-likeness (QED) is 0.422. The number of rotatable bonds is 9. The van der Waals surface area contributed by atoms with Crippen molar-refractivity contribution in [2.75, 3.05) is 26.2 Å². The highest BCUT2D eigenvalue weighted by Gasteiger charge is 2.42. The Kier molecular flexibility index (Phi) is 7.91. The first-order valence-electron chi connectivity index (χ1n) is 11.9. The molecule has 1 aliphatic heterocycles. The summed E-state index contributed by atoms with van der Waals surface area (Å²) in [6.07, 6.45) is 7.28. The Morgan fingerprint density at radius 3 is 2.29 bits per heavy atom. The lowest BCUT2D eigenvalue weighted by molar-refractivity contribution is 0.139. The van der Waals surface area contributed by atoms with E-state index in [2.05, 4.69) is 34.2 Å². The Hall–Kier alpha value is -3.67. The molecular formula is C29H30N4O. The lowest BCUT2D eigenvalue weighted by Crippen LogP contribution is -2.44. The molecule has 0 amide bonds. The van der Waals surface area contributed by atoms with Crippen LogP contribution in [0.2, 0.25) is 0 Å². The molecule has 34 heavy (non-hydrogen) atoms. The highest BCUT2D eigenvalue weighted by atomic mass is 16.5. The van der Waals surface area contributed by atoms with E-state index >= 15 is 0 Å². The predicted molar refractivity (Wildman–Crippen MR) is 132 cm³/mol. The number of nitriles is 2. The molecule has 0 radical (unpaired) electrons. The molecule has 2 heterocycles. The fourth-order valence-corrected chi connectivity index (χ4v) is 4.99. The zero-order chi connectivity index (χ0) is 23.6. The molecule has 1 atom stereocenters. The van der Waals surface area contributed by atoms with E-state index in [0.717, 1.165) is 55.8 Å². The van der Waals surface area contributed by atoms with Crippen molar-refractivity contribution < 1.29 is 4.74 Å². The molecule has 4 rings (SSSR count). The highest BCUT2D eigenvalue weighted by Crippen LogP contribution is 2.41. The summed E-state index contributed by atoms with van der Waals surface area (Å²) in [7, 11) is 0. The molecule has 1 fully saturated rings. The third kappa shape index (κ3) is 5.63. The minimum atomic E-state index is -0.534. The number of benzene rings is 2. The van der Waals surface area contributed by atoms with Crippen molar-refractivity contribution in [3.8, 4) is 17.9 Å². The molecule has 5 heteroatoms. The Bertz CT molecular complexity index is 1110. The van der Waals surface area contributed by atoms with Gasteiger partial charge in [-0.1, -0.05) is 30.3 Å². The van der Waals surface area contributed by atoms with Crippen LogP contribution in [-0.2, 0) is 11.8 Å². The summed E-state index contributed by atoms with van der Waals surface area (Å²) >= 11 is 0. The number of likely N-dealkylation sites (tertiary alicyclic amines) is 1. The second-order valence-corrected chi connectivity index (χ2v) is 8.94. The molecule has 172 valence electrons. The van der Waals surface area contributed by atoms with Crippen molar-refractivity contribution in [1.29, 1.82) is 10.5 Å². The lowest BCUT2D eigenvalue weighted by Gasteiger charge is -2.41. The average molecular weight is 451 g/mol. The van der Waals surface area contributed by atoms with Gasteiger partial charge in [-0.2, -0.15) is 10.5 Å². The number of nitrogens with zero attached hydrogens (tertiary/aromatic N) is 4. The van der Waals surface area contributed by atoms with Crippen LogP contribution in [0, 0.1) is 28.6 Å². The number of piperidine rings is 1. The van der Waals surface area contributed by atoms with Gasteiger partial charge in [0, 0.05) is 18.9 Å². The van der Waals surface area contributed by atoms with Crippen LogP contribution in [0.15, 0.2) is 79.1 Å². The fourth-order valence-electron chi connectivity index (χ4n) is 4.99. The van der Waals surface area contributed by atoms with Crippen LogP contribution < -0.4 is 4.74 Å². The molecule has 0 bridgehead atoms. The third-order valence-corrected chi connectivity index (χ3v) is 6.88. The minimum Gasteiger partial charge on any atom is -0.494 e. The molecule has 3 aromatic rings.